The fourth-order valence-corrected chi connectivity index (χ4v) is 4.13. The first kappa shape index (κ1) is 16.9. The Morgan fingerprint density at radius 1 is 1.25 bits per heavy atom. The Labute approximate surface area is 142 Å². The molecule has 2 unspecified atom stereocenters. The summed E-state index contributed by atoms with van der Waals surface area (Å²) in [6.07, 6.45) is 6.28. The van der Waals surface area contributed by atoms with Crippen molar-refractivity contribution in [1.29, 1.82) is 0 Å². The van der Waals surface area contributed by atoms with Crippen LogP contribution in [0.5, 0.6) is 0 Å². The number of nitrogens with zero attached hydrogens (tertiary/aromatic N) is 3. The molecule has 7 heteroatoms. The summed E-state index contributed by atoms with van der Waals surface area (Å²) in [5, 5.41) is 9.38. The van der Waals surface area contributed by atoms with Crippen molar-refractivity contribution >= 4 is 11.8 Å². The molecule has 2 fully saturated rings. The number of piperidine rings is 1. The highest BCUT2D eigenvalue weighted by Gasteiger charge is 2.36. The lowest BCUT2D eigenvalue weighted by Gasteiger charge is -2.34. The van der Waals surface area contributed by atoms with E-state index in [1.807, 2.05) is 4.90 Å². The summed E-state index contributed by atoms with van der Waals surface area (Å²) < 4.78 is 0. The van der Waals surface area contributed by atoms with Crippen LogP contribution in [0.25, 0.3) is 0 Å². The number of H-pyrrole nitrogens is 1. The number of nitrogens with one attached hydrogen (secondary N) is 2. The van der Waals surface area contributed by atoms with Crippen molar-refractivity contribution in [3.63, 3.8) is 0 Å². The Morgan fingerprint density at radius 2 is 2.00 bits per heavy atom. The van der Waals surface area contributed by atoms with Crippen LogP contribution in [0.1, 0.15) is 67.8 Å². The van der Waals surface area contributed by atoms with Crippen LogP contribution in [-0.2, 0) is 4.79 Å². The average molecular weight is 333 g/mol. The van der Waals surface area contributed by atoms with Crippen molar-refractivity contribution in [2.24, 2.45) is 11.8 Å². The number of carbonyl (C=O) groups is 2. The third-order valence-electron chi connectivity index (χ3n) is 5.63. The van der Waals surface area contributed by atoms with Gasteiger partial charge in [-0.1, -0.05) is 19.8 Å². The molecule has 2 heterocycles. The number of likely N-dealkylation sites (tertiary alicyclic amines) is 1. The smallest absolute Gasteiger partial charge is 0.290 e. The number of hydrogen-bond donors (Lipinski definition) is 2. The third kappa shape index (κ3) is 3.30. The van der Waals surface area contributed by atoms with Gasteiger partial charge in [0, 0.05) is 32.0 Å². The van der Waals surface area contributed by atoms with Crippen molar-refractivity contribution in [2.75, 3.05) is 20.1 Å². The number of rotatable bonds is 4. The largest absolute Gasteiger partial charge is 0.352 e. The highest BCUT2D eigenvalue weighted by Crippen LogP contribution is 2.36. The first-order chi connectivity index (χ1) is 11.6. The molecule has 1 saturated carbocycles. The summed E-state index contributed by atoms with van der Waals surface area (Å²) in [7, 11) is 1.56. The van der Waals surface area contributed by atoms with E-state index in [0.29, 0.717) is 11.8 Å². The van der Waals surface area contributed by atoms with E-state index in [-0.39, 0.29) is 23.6 Å². The van der Waals surface area contributed by atoms with Gasteiger partial charge < -0.3 is 10.2 Å². The number of carbonyl (C=O) groups excluding carboxylic acids is 2. The van der Waals surface area contributed by atoms with Crippen LogP contribution in [0.2, 0.25) is 0 Å². The van der Waals surface area contributed by atoms with Crippen LogP contribution in [-0.4, -0.2) is 52.0 Å². The van der Waals surface area contributed by atoms with Gasteiger partial charge in [-0.15, -0.1) is 5.10 Å². The van der Waals surface area contributed by atoms with Crippen LogP contribution < -0.4 is 5.32 Å². The molecule has 2 N–H and O–H groups in total. The summed E-state index contributed by atoms with van der Waals surface area (Å²) >= 11 is 0. The lowest BCUT2D eigenvalue weighted by molar-refractivity contribution is -0.137. The molecular formula is C17H27N5O2. The molecule has 2 aliphatic rings. The van der Waals surface area contributed by atoms with E-state index in [1.54, 1.807) is 7.05 Å². The Balaban J connectivity index is 1.56. The van der Waals surface area contributed by atoms with Crippen LogP contribution in [0.15, 0.2) is 0 Å². The van der Waals surface area contributed by atoms with Gasteiger partial charge in [-0.2, -0.15) is 0 Å². The second-order valence-electron chi connectivity index (χ2n) is 6.93. The van der Waals surface area contributed by atoms with E-state index in [1.165, 1.54) is 12.8 Å². The van der Waals surface area contributed by atoms with Crippen molar-refractivity contribution in [2.45, 2.75) is 51.4 Å². The molecule has 1 aromatic rings. The van der Waals surface area contributed by atoms with Gasteiger partial charge in [-0.05, 0) is 31.6 Å². The monoisotopic (exact) mass is 333 g/mol. The molecule has 0 radical (unpaired) electrons. The topological polar surface area (TPSA) is 91.0 Å². The average Bonchev–Trinajstić information content (AvgIpc) is 3.29. The molecule has 3 rings (SSSR count). The van der Waals surface area contributed by atoms with Crippen LogP contribution in [0, 0.1) is 11.8 Å². The molecule has 2 amide bonds. The van der Waals surface area contributed by atoms with Crippen LogP contribution in [0.3, 0.4) is 0 Å². The maximum Gasteiger partial charge on any atom is 0.290 e. The number of amides is 2. The maximum absolute atomic E-state index is 12.8. The van der Waals surface area contributed by atoms with E-state index < -0.39 is 0 Å². The highest BCUT2D eigenvalue weighted by molar-refractivity contribution is 5.90. The predicted octanol–water partition coefficient (Wildman–Crippen LogP) is 1.70. The molecule has 7 nitrogen and oxygen atoms in total. The quantitative estimate of drug-likeness (QED) is 0.877. The standard InChI is InChI=1S/C17H27N5O2/c1-3-11-5-4-6-13(11)17(24)22-9-7-12(8-10-22)14-19-15(21-20-14)16(23)18-2/h11-13H,3-10H2,1-2H3,(H,18,23)(H,19,20,21). The lowest BCUT2D eigenvalue weighted by atomic mass is 9.90. The van der Waals surface area contributed by atoms with Gasteiger partial charge in [-0.3, -0.25) is 14.7 Å². The Kier molecular flexibility index (Phi) is 5.16. The lowest BCUT2D eigenvalue weighted by Crippen LogP contribution is -2.42. The summed E-state index contributed by atoms with van der Waals surface area (Å²) in [5.41, 5.74) is 0. The molecule has 1 aliphatic carbocycles. The molecule has 0 bridgehead atoms. The second-order valence-corrected chi connectivity index (χ2v) is 6.93. The van der Waals surface area contributed by atoms with Crippen LogP contribution >= 0.6 is 0 Å². The van der Waals surface area contributed by atoms with Gasteiger partial charge >= 0.3 is 0 Å². The molecule has 1 aromatic heterocycles. The van der Waals surface area contributed by atoms with Crippen LogP contribution in [0.4, 0.5) is 0 Å². The number of hydrogen-bond acceptors (Lipinski definition) is 4. The predicted molar refractivity (Wildman–Crippen MR) is 89.4 cm³/mol. The summed E-state index contributed by atoms with van der Waals surface area (Å²) in [6, 6.07) is 0. The minimum absolute atomic E-state index is 0.183. The Bertz CT molecular complexity index is 592. The molecule has 0 spiro atoms. The molecule has 1 aliphatic heterocycles. The zero-order valence-corrected chi connectivity index (χ0v) is 14.5. The number of aromatic amines is 1. The van der Waals surface area contributed by atoms with Crippen molar-refractivity contribution in [1.82, 2.24) is 25.4 Å². The third-order valence-corrected chi connectivity index (χ3v) is 5.63. The minimum atomic E-state index is -0.281. The van der Waals surface area contributed by atoms with Gasteiger partial charge in [0.15, 0.2) is 0 Å². The van der Waals surface area contributed by atoms with E-state index in [0.717, 1.165) is 44.6 Å². The van der Waals surface area contributed by atoms with Crippen molar-refractivity contribution < 1.29 is 9.59 Å². The van der Waals surface area contributed by atoms with Gasteiger partial charge in [0.05, 0.1) is 0 Å². The zero-order chi connectivity index (χ0) is 17.1. The van der Waals surface area contributed by atoms with E-state index in [4.69, 9.17) is 0 Å². The van der Waals surface area contributed by atoms with Crippen molar-refractivity contribution in [3.8, 4) is 0 Å². The molecule has 132 valence electrons. The zero-order valence-electron chi connectivity index (χ0n) is 14.5. The SMILES string of the molecule is CCC1CCCC1C(=O)N1CCC(c2nc(C(=O)NC)n[nH]2)CC1. The van der Waals surface area contributed by atoms with Gasteiger partial charge in [0.1, 0.15) is 5.82 Å². The van der Waals surface area contributed by atoms with Gasteiger partial charge in [0.25, 0.3) is 5.91 Å². The second kappa shape index (κ2) is 7.32. The van der Waals surface area contributed by atoms with Gasteiger partial charge in [0.2, 0.25) is 11.7 Å². The summed E-state index contributed by atoms with van der Waals surface area (Å²) in [5.74, 6) is 2.05. The fourth-order valence-electron chi connectivity index (χ4n) is 4.13. The maximum atomic E-state index is 12.8. The number of aromatic nitrogens is 3. The van der Waals surface area contributed by atoms with E-state index in [2.05, 4.69) is 27.4 Å². The first-order valence-electron chi connectivity index (χ1n) is 9.07. The highest BCUT2D eigenvalue weighted by atomic mass is 16.2. The molecule has 24 heavy (non-hydrogen) atoms. The Hall–Kier alpha value is -1.92. The minimum Gasteiger partial charge on any atom is -0.352 e. The Morgan fingerprint density at radius 3 is 2.67 bits per heavy atom. The first-order valence-corrected chi connectivity index (χ1v) is 9.07. The molecule has 0 aromatic carbocycles. The van der Waals surface area contributed by atoms with Crippen molar-refractivity contribution in [3.05, 3.63) is 11.6 Å². The normalized spacial score (nSPS) is 25.0. The molecule has 1 saturated heterocycles. The molecular weight excluding hydrogens is 306 g/mol. The molecule has 2 atom stereocenters. The van der Waals surface area contributed by atoms with E-state index in [9.17, 15) is 9.59 Å². The summed E-state index contributed by atoms with van der Waals surface area (Å²) in [4.78, 5) is 30.7. The fraction of sp³-hybridized carbons (Fsp3) is 0.765. The van der Waals surface area contributed by atoms with Gasteiger partial charge in [-0.25, -0.2) is 4.98 Å². The van der Waals surface area contributed by atoms with E-state index >= 15 is 0 Å². The summed E-state index contributed by atoms with van der Waals surface area (Å²) in [6.45, 7) is 3.73.